The highest BCUT2D eigenvalue weighted by atomic mass is 35.5. The van der Waals surface area contributed by atoms with Gasteiger partial charge in [-0.05, 0) is 49.3 Å². The highest BCUT2D eigenvalue weighted by Crippen LogP contribution is 2.34. The van der Waals surface area contributed by atoms with E-state index in [1.807, 2.05) is 12.1 Å². The van der Waals surface area contributed by atoms with E-state index in [1.165, 1.54) is 5.56 Å². The Morgan fingerprint density at radius 1 is 1.25 bits per heavy atom. The number of benzene rings is 1. The van der Waals surface area contributed by atoms with Crippen LogP contribution in [-0.2, 0) is 17.8 Å². The fourth-order valence-corrected chi connectivity index (χ4v) is 3.41. The largest absolute Gasteiger partial charge is 0.493 e. The second-order valence-electron chi connectivity index (χ2n) is 5.79. The maximum absolute atomic E-state index is 9.15. The van der Waals surface area contributed by atoms with Gasteiger partial charge < -0.3 is 14.6 Å². The molecule has 0 amide bonds. The van der Waals surface area contributed by atoms with Gasteiger partial charge in [-0.1, -0.05) is 11.6 Å². The fourth-order valence-electron chi connectivity index (χ4n) is 3.14. The van der Waals surface area contributed by atoms with Gasteiger partial charge in [0.2, 0.25) is 0 Å². The van der Waals surface area contributed by atoms with Crippen molar-refractivity contribution in [2.75, 3.05) is 13.2 Å². The van der Waals surface area contributed by atoms with Crippen molar-refractivity contribution in [3.63, 3.8) is 0 Å². The molecule has 1 fully saturated rings. The van der Waals surface area contributed by atoms with Crippen LogP contribution in [0.15, 0.2) is 12.1 Å². The van der Waals surface area contributed by atoms with Crippen molar-refractivity contribution in [1.82, 2.24) is 0 Å². The minimum absolute atomic E-state index is 0.300. The Morgan fingerprint density at radius 3 is 2.80 bits per heavy atom. The Labute approximate surface area is 124 Å². The third-order valence-corrected chi connectivity index (χ3v) is 4.57. The van der Waals surface area contributed by atoms with E-state index in [1.54, 1.807) is 0 Å². The number of hydrogen-bond acceptors (Lipinski definition) is 3. The molecule has 20 heavy (non-hydrogen) atoms. The molecule has 1 aromatic rings. The van der Waals surface area contributed by atoms with Gasteiger partial charge in [-0.2, -0.15) is 0 Å². The second kappa shape index (κ2) is 6.33. The lowest BCUT2D eigenvalue weighted by Crippen LogP contribution is -2.23. The van der Waals surface area contributed by atoms with Gasteiger partial charge in [0.1, 0.15) is 5.75 Å². The number of rotatable bonds is 4. The first-order valence-electron chi connectivity index (χ1n) is 7.43. The molecule has 0 atom stereocenters. The quantitative estimate of drug-likeness (QED) is 0.926. The van der Waals surface area contributed by atoms with E-state index in [0.717, 1.165) is 55.0 Å². The van der Waals surface area contributed by atoms with Crippen molar-refractivity contribution in [1.29, 1.82) is 0 Å². The zero-order chi connectivity index (χ0) is 13.9. The number of fused-ring (bicyclic) bond motifs is 1. The van der Waals surface area contributed by atoms with Gasteiger partial charge in [-0.25, -0.2) is 0 Å². The number of halogens is 1. The molecule has 4 heteroatoms. The van der Waals surface area contributed by atoms with Gasteiger partial charge in [0.25, 0.3) is 0 Å². The molecular weight excluding hydrogens is 276 g/mol. The molecule has 0 bridgehead atoms. The lowest BCUT2D eigenvalue weighted by atomic mass is 9.88. The summed E-state index contributed by atoms with van der Waals surface area (Å²) in [4.78, 5) is 0. The van der Waals surface area contributed by atoms with Crippen LogP contribution in [0.4, 0.5) is 0 Å². The molecule has 3 nitrogen and oxygen atoms in total. The predicted molar refractivity (Wildman–Crippen MR) is 78.3 cm³/mol. The summed E-state index contributed by atoms with van der Waals surface area (Å²) in [7, 11) is 0. The molecule has 1 heterocycles. The van der Waals surface area contributed by atoms with Crippen molar-refractivity contribution in [3.05, 3.63) is 28.3 Å². The molecule has 3 rings (SSSR count). The molecule has 1 aliphatic carbocycles. The van der Waals surface area contributed by atoms with Crippen LogP contribution in [-0.4, -0.2) is 24.4 Å². The summed E-state index contributed by atoms with van der Waals surface area (Å²) in [6.45, 7) is 1.62. The number of hydrogen-bond donors (Lipinski definition) is 1. The van der Waals surface area contributed by atoms with Gasteiger partial charge in [-0.15, -0.1) is 0 Å². The van der Waals surface area contributed by atoms with Crippen LogP contribution < -0.4 is 4.74 Å². The van der Waals surface area contributed by atoms with Crippen LogP contribution in [0.5, 0.6) is 5.75 Å². The Balaban J connectivity index is 1.59. The summed E-state index contributed by atoms with van der Waals surface area (Å²) in [6.07, 6.45) is 5.43. The van der Waals surface area contributed by atoms with E-state index >= 15 is 0 Å². The third-order valence-electron chi connectivity index (χ3n) is 4.35. The van der Waals surface area contributed by atoms with E-state index in [9.17, 15) is 0 Å². The van der Waals surface area contributed by atoms with Crippen molar-refractivity contribution in [3.8, 4) is 5.75 Å². The summed E-state index contributed by atoms with van der Waals surface area (Å²) in [6, 6.07) is 3.94. The lowest BCUT2D eigenvalue weighted by Gasteiger charge is -2.27. The molecule has 110 valence electrons. The van der Waals surface area contributed by atoms with Crippen LogP contribution in [0.25, 0.3) is 0 Å². The number of ether oxygens (including phenoxy) is 2. The van der Waals surface area contributed by atoms with Crippen LogP contribution in [0, 0.1) is 5.92 Å². The van der Waals surface area contributed by atoms with Gasteiger partial charge in [0.05, 0.1) is 19.3 Å². The van der Waals surface area contributed by atoms with Gasteiger partial charge in [-0.3, -0.25) is 0 Å². The molecule has 1 saturated carbocycles. The maximum Gasteiger partial charge on any atom is 0.128 e. The van der Waals surface area contributed by atoms with E-state index < -0.39 is 0 Å². The summed E-state index contributed by atoms with van der Waals surface area (Å²) < 4.78 is 11.7. The number of aliphatic hydroxyl groups excluding tert-OH is 1. The van der Waals surface area contributed by atoms with Crippen molar-refractivity contribution >= 4 is 11.6 Å². The van der Waals surface area contributed by atoms with Crippen LogP contribution in [0.1, 0.15) is 36.8 Å². The Bertz CT molecular complexity index is 467. The van der Waals surface area contributed by atoms with E-state index in [2.05, 4.69) is 0 Å². The zero-order valence-electron chi connectivity index (χ0n) is 11.6. The topological polar surface area (TPSA) is 38.7 Å². The molecule has 1 aromatic carbocycles. The van der Waals surface area contributed by atoms with E-state index in [-0.39, 0.29) is 0 Å². The first-order chi connectivity index (χ1) is 9.76. The molecule has 1 N–H and O–H groups in total. The average molecular weight is 297 g/mol. The molecule has 0 unspecified atom stereocenters. The monoisotopic (exact) mass is 296 g/mol. The molecular formula is C16H21ClO3. The SMILES string of the molecule is OCC1CCC(OCc2cc(Cl)cc3c2OCC3)CC1. The summed E-state index contributed by atoms with van der Waals surface area (Å²) in [5.74, 6) is 1.44. The van der Waals surface area contributed by atoms with E-state index in [4.69, 9.17) is 26.2 Å². The van der Waals surface area contributed by atoms with E-state index in [0.29, 0.717) is 25.2 Å². The second-order valence-corrected chi connectivity index (χ2v) is 6.22. The molecule has 1 aliphatic heterocycles. The maximum atomic E-state index is 9.15. The van der Waals surface area contributed by atoms with Crippen LogP contribution >= 0.6 is 11.6 Å². The summed E-state index contributed by atoms with van der Waals surface area (Å²) >= 11 is 6.15. The highest BCUT2D eigenvalue weighted by Gasteiger charge is 2.23. The standard InChI is InChI=1S/C16H21ClO3/c17-14-7-12-5-6-19-16(12)13(8-14)10-20-15-3-1-11(9-18)2-4-15/h7-8,11,15,18H,1-6,9-10H2. The molecule has 2 aliphatic rings. The fraction of sp³-hybridized carbons (Fsp3) is 0.625. The molecule has 0 radical (unpaired) electrons. The van der Waals surface area contributed by atoms with Gasteiger partial charge in [0.15, 0.2) is 0 Å². The average Bonchev–Trinajstić information content (AvgIpc) is 2.93. The summed E-state index contributed by atoms with van der Waals surface area (Å²) in [5, 5.41) is 9.91. The lowest BCUT2D eigenvalue weighted by molar-refractivity contribution is 0.000536. The highest BCUT2D eigenvalue weighted by molar-refractivity contribution is 6.30. The Kier molecular flexibility index (Phi) is 4.49. The van der Waals surface area contributed by atoms with Crippen molar-refractivity contribution in [2.24, 2.45) is 5.92 Å². The minimum atomic E-state index is 0.300. The van der Waals surface area contributed by atoms with Gasteiger partial charge >= 0.3 is 0 Å². The third kappa shape index (κ3) is 3.11. The first-order valence-corrected chi connectivity index (χ1v) is 7.80. The Hall–Kier alpha value is -0.770. The molecule has 0 saturated heterocycles. The van der Waals surface area contributed by atoms with Crippen molar-refractivity contribution < 1.29 is 14.6 Å². The minimum Gasteiger partial charge on any atom is -0.493 e. The summed E-state index contributed by atoms with van der Waals surface area (Å²) in [5.41, 5.74) is 2.26. The normalized spacial score (nSPS) is 25.3. The van der Waals surface area contributed by atoms with Crippen molar-refractivity contribution in [2.45, 2.75) is 44.8 Å². The molecule has 0 aromatic heterocycles. The zero-order valence-corrected chi connectivity index (χ0v) is 12.4. The smallest absolute Gasteiger partial charge is 0.128 e. The van der Waals surface area contributed by atoms with Gasteiger partial charge in [0, 0.05) is 23.6 Å². The van der Waals surface area contributed by atoms with Crippen LogP contribution in [0.3, 0.4) is 0 Å². The first kappa shape index (κ1) is 14.2. The van der Waals surface area contributed by atoms with Crippen LogP contribution in [0.2, 0.25) is 5.02 Å². The molecule has 0 spiro atoms. The Morgan fingerprint density at radius 2 is 2.05 bits per heavy atom. The number of aliphatic hydroxyl groups is 1. The predicted octanol–water partition coefficient (Wildman–Crippen LogP) is 3.34.